The van der Waals surface area contributed by atoms with Crippen molar-refractivity contribution in [3.05, 3.63) is 24.8 Å². The van der Waals surface area contributed by atoms with Crippen molar-refractivity contribution in [3.8, 4) is 0 Å². The predicted molar refractivity (Wildman–Crippen MR) is 87.2 cm³/mol. The average Bonchev–Trinajstić information content (AvgIpc) is 2.56. The van der Waals surface area contributed by atoms with Crippen molar-refractivity contribution in [2.24, 2.45) is 0 Å². The molecule has 1 rings (SSSR count). The van der Waals surface area contributed by atoms with Crippen molar-refractivity contribution in [3.63, 3.8) is 0 Å². The third kappa shape index (κ3) is 7.30. The number of carbonyl (C=O) groups excluding carboxylic acids is 3. The Kier molecular flexibility index (Phi) is 8.60. The number of hydrogen-bond acceptors (Lipinski definition) is 6. The minimum Gasteiger partial charge on any atom is -0.462 e. The zero-order valence-corrected chi connectivity index (χ0v) is 14.1. The van der Waals surface area contributed by atoms with Gasteiger partial charge in [0.15, 0.2) is 0 Å². The van der Waals surface area contributed by atoms with Gasteiger partial charge >= 0.3 is 18.0 Å². The molecule has 0 aromatic carbocycles. The molecule has 0 N–H and O–H groups in total. The van der Waals surface area contributed by atoms with Gasteiger partial charge in [0.25, 0.3) is 0 Å². The minimum atomic E-state index is -0.459. The number of amides is 1. The minimum absolute atomic E-state index is 0.161. The van der Waals surface area contributed by atoms with Crippen LogP contribution in [0.5, 0.6) is 0 Å². The Morgan fingerprint density at radius 2 is 1.88 bits per heavy atom. The zero-order valence-electron chi connectivity index (χ0n) is 14.1. The van der Waals surface area contributed by atoms with Crippen LogP contribution in [0.2, 0.25) is 0 Å². The molecule has 1 amide bonds. The predicted octanol–water partition coefficient (Wildman–Crippen LogP) is 2.22. The Labute approximate surface area is 142 Å². The van der Waals surface area contributed by atoms with Gasteiger partial charge in [-0.15, -0.1) is 0 Å². The molecule has 0 unspecified atom stereocenters. The van der Waals surface area contributed by atoms with E-state index in [9.17, 15) is 14.4 Å². The van der Waals surface area contributed by atoms with E-state index in [1.54, 1.807) is 11.8 Å². The highest BCUT2D eigenvalue weighted by atomic mass is 16.6. The fourth-order valence-corrected chi connectivity index (χ4v) is 2.13. The summed E-state index contributed by atoms with van der Waals surface area (Å²) in [5.74, 6) is -0.784. The van der Waals surface area contributed by atoms with Crippen LogP contribution in [0.15, 0.2) is 24.8 Å². The first-order valence-corrected chi connectivity index (χ1v) is 7.98. The fraction of sp³-hybridized carbons (Fsp3) is 0.588. The van der Waals surface area contributed by atoms with Crippen LogP contribution in [0.25, 0.3) is 0 Å². The molecule has 0 aromatic rings. The summed E-state index contributed by atoms with van der Waals surface area (Å²) in [6, 6.07) is 0. The Hall–Kier alpha value is -2.31. The lowest BCUT2D eigenvalue weighted by Crippen LogP contribution is -2.41. The van der Waals surface area contributed by atoms with Gasteiger partial charge in [-0.25, -0.2) is 9.59 Å². The average molecular weight is 339 g/mol. The molecule has 134 valence electrons. The zero-order chi connectivity index (χ0) is 17.9. The van der Waals surface area contributed by atoms with Gasteiger partial charge in [0.1, 0.15) is 12.7 Å². The van der Waals surface area contributed by atoms with E-state index >= 15 is 0 Å². The van der Waals surface area contributed by atoms with Crippen LogP contribution in [0.1, 0.15) is 32.6 Å². The second-order valence-corrected chi connectivity index (χ2v) is 5.56. The molecule has 0 radical (unpaired) electrons. The van der Waals surface area contributed by atoms with Crippen LogP contribution in [0.4, 0.5) is 4.79 Å². The van der Waals surface area contributed by atoms with E-state index in [1.807, 2.05) is 0 Å². The van der Waals surface area contributed by atoms with Gasteiger partial charge in [0.05, 0.1) is 6.61 Å². The molecule has 24 heavy (non-hydrogen) atoms. The number of nitrogens with zero attached hydrogens (tertiary/aromatic N) is 1. The molecule has 1 aliphatic rings. The van der Waals surface area contributed by atoms with Crippen molar-refractivity contribution >= 4 is 18.0 Å². The van der Waals surface area contributed by atoms with Gasteiger partial charge in [-0.3, -0.25) is 4.79 Å². The summed E-state index contributed by atoms with van der Waals surface area (Å²) < 4.78 is 15.2. The van der Waals surface area contributed by atoms with Crippen LogP contribution in [-0.2, 0) is 23.8 Å². The number of rotatable bonds is 8. The molecule has 1 fully saturated rings. The molecule has 0 aromatic heterocycles. The summed E-state index contributed by atoms with van der Waals surface area (Å²) in [7, 11) is 0. The Morgan fingerprint density at radius 3 is 2.46 bits per heavy atom. The van der Waals surface area contributed by atoms with E-state index < -0.39 is 5.97 Å². The highest BCUT2D eigenvalue weighted by Gasteiger charge is 2.25. The summed E-state index contributed by atoms with van der Waals surface area (Å²) >= 11 is 0. The molecule has 0 aliphatic carbocycles. The molecule has 0 saturated carbocycles. The molecule has 0 spiro atoms. The maximum absolute atomic E-state index is 11.7. The van der Waals surface area contributed by atoms with Crippen LogP contribution >= 0.6 is 0 Å². The number of hydrogen-bond donors (Lipinski definition) is 0. The molecule has 1 saturated heterocycles. The summed E-state index contributed by atoms with van der Waals surface area (Å²) in [5.41, 5.74) is 0.330. The molecular formula is C17H25NO6. The number of piperidine rings is 1. The van der Waals surface area contributed by atoms with E-state index in [1.165, 1.54) is 6.08 Å². The van der Waals surface area contributed by atoms with Gasteiger partial charge in [-0.2, -0.15) is 0 Å². The summed E-state index contributed by atoms with van der Waals surface area (Å²) in [4.78, 5) is 36.2. The van der Waals surface area contributed by atoms with Gasteiger partial charge in [0.2, 0.25) is 0 Å². The quantitative estimate of drug-likeness (QED) is 0.222. The van der Waals surface area contributed by atoms with Crippen molar-refractivity contribution < 1.29 is 28.6 Å². The number of esters is 2. The molecule has 7 nitrogen and oxygen atoms in total. The number of carbonyl (C=O) groups is 3. The monoisotopic (exact) mass is 339 g/mol. The lowest BCUT2D eigenvalue weighted by atomic mass is 10.1. The van der Waals surface area contributed by atoms with Crippen LogP contribution < -0.4 is 0 Å². The highest BCUT2D eigenvalue weighted by Crippen LogP contribution is 2.15. The topological polar surface area (TPSA) is 82.1 Å². The number of ether oxygens (including phenoxy) is 3. The SMILES string of the molecule is C=CCOC(=O)N1CCC(OC(=O)CCCOC(=O)C(=C)C)CC1. The lowest BCUT2D eigenvalue weighted by Gasteiger charge is -2.30. The number of likely N-dealkylation sites (tertiary alicyclic amines) is 1. The second kappa shape index (κ2) is 10.5. The molecule has 1 heterocycles. The van der Waals surface area contributed by atoms with E-state index in [-0.39, 0.29) is 37.8 Å². The first kappa shape index (κ1) is 19.7. The van der Waals surface area contributed by atoms with E-state index in [0.717, 1.165) is 0 Å². The lowest BCUT2D eigenvalue weighted by molar-refractivity contribution is -0.152. The van der Waals surface area contributed by atoms with Gasteiger partial charge in [-0.1, -0.05) is 19.2 Å². The van der Waals surface area contributed by atoms with Crippen molar-refractivity contribution in [2.45, 2.75) is 38.7 Å². The van der Waals surface area contributed by atoms with Gasteiger partial charge < -0.3 is 19.1 Å². The maximum atomic E-state index is 11.7. The van der Waals surface area contributed by atoms with Crippen molar-refractivity contribution in [1.29, 1.82) is 0 Å². The molecule has 1 aliphatic heterocycles. The van der Waals surface area contributed by atoms with Crippen molar-refractivity contribution in [2.75, 3.05) is 26.3 Å². The van der Waals surface area contributed by atoms with Crippen LogP contribution in [0.3, 0.4) is 0 Å². The van der Waals surface area contributed by atoms with Crippen molar-refractivity contribution in [1.82, 2.24) is 4.90 Å². The molecular weight excluding hydrogens is 314 g/mol. The molecule has 0 bridgehead atoms. The standard InChI is InChI=1S/C17H25NO6/c1-4-11-23-17(21)18-9-7-14(8-10-18)24-15(19)6-5-12-22-16(20)13(2)3/h4,14H,1-2,5-12H2,3H3. The Morgan fingerprint density at radius 1 is 1.21 bits per heavy atom. The largest absolute Gasteiger partial charge is 0.462 e. The third-order valence-corrected chi connectivity index (χ3v) is 3.43. The molecule has 0 atom stereocenters. The summed E-state index contributed by atoms with van der Waals surface area (Å²) in [5, 5.41) is 0. The van der Waals surface area contributed by atoms with Gasteiger partial charge in [0, 0.05) is 37.9 Å². The Balaban J connectivity index is 2.16. The van der Waals surface area contributed by atoms with E-state index in [2.05, 4.69) is 13.2 Å². The van der Waals surface area contributed by atoms with Crippen LogP contribution in [0, 0.1) is 0 Å². The molecule has 7 heteroatoms. The summed E-state index contributed by atoms with van der Waals surface area (Å²) in [6.45, 7) is 9.85. The van der Waals surface area contributed by atoms with E-state index in [4.69, 9.17) is 14.2 Å². The second-order valence-electron chi connectivity index (χ2n) is 5.56. The third-order valence-electron chi connectivity index (χ3n) is 3.43. The summed E-state index contributed by atoms with van der Waals surface area (Å²) in [6.07, 6.45) is 2.70. The maximum Gasteiger partial charge on any atom is 0.410 e. The first-order chi connectivity index (χ1) is 11.4. The van der Waals surface area contributed by atoms with E-state index in [0.29, 0.717) is 37.9 Å². The normalized spacial score (nSPS) is 14.6. The Bertz CT molecular complexity index is 479. The fourth-order valence-electron chi connectivity index (χ4n) is 2.13. The smallest absolute Gasteiger partial charge is 0.410 e. The van der Waals surface area contributed by atoms with Gasteiger partial charge in [-0.05, 0) is 13.3 Å². The first-order valence-electron chi connectivity index (χ1n) is 7.98. The highest BCUT2D eigenvalue weighted by molar-refractivity contribution is 5.86. The van der Waals surface area contributed by atoms with Crippen LogP contribution in [-0.4, -0.2) is 55.3 Å².